The fraction of sp³-hybridized carbons (Fsp3) is 0.111. The fourth-order valence-corrected chi connectivity index (χ4v) is 3.02. The van der Waals surface area contributed by atoms with Gasteiger partial charge in [0.15, 0.2) is 0 Å². The highest BCUT2D eigenvalue weighted by Gasteiger charge is 2.22. The smallest absolute Gasteiger partial charge is 0.266 e. The Labute approximate surface area is 111 Å². The van der Waals surface area contributed by atoms with E-state index in [2.05, 4.69) is 9.36 Å². The molecule has 0 spiro atoms. The van der Waals surface area contributed by atoms with Crippen molar-refractivity contribution in [3.05, 3.63) is 35.7 Å². The molecule has 102 valence electrons. The summed E-state index contributed by atoms with van der Waals surface area (Å²) >= 11 is 0.755. The molecule has 2 aromatic rings. The minimum atomic E-state index is -4.30. The average molecular weight is 307 g/mol. The Morgan fingerprint density at radius 1 is 1.32 bits per heavy atom. The first-order valence-corrected chi connectivity index (χ1v) is 7.08. The number of hydrogen-bond acceptors (Lipinski definition) is 6. The van der Waals surface area contributed by atoms with Gasteiger partial charge in [-0.05, 0) is 12.1 Å². The van der Waals surface area contributed by atoms with Gasteiger partial charge in [-0.15, -0.1) is 0 Å². The van der Waals surface area contributed by atoms with E-state index in [1.807, 2.05) is 4.72 Å². The molecule has 1 aromatic carbocycles. The van der Waals surface area contributed by atoms with Gasteiger partial charge in [-0.1, -0.05) is 0 Å². The molecule has 2 N–H and O–H groups in total. The molecule has 19 heavy (non-hydrogen) atoms. The summed E-state index contributed by atoms with van der Waals surface area (Å²) in [6, 6.07) is 1.13. The Bertz CT molecular complexity index is 689. The Kier molecular flexibility index (Phi) is 3.73. The van der Waals surface area contributed by atoms with Crippen molar-refractivity contribution in [2.45, 2.75) is 11.5 Å². The first kappa shape index (κ1) is 13.8. The number of benzene rings is 1. The molecule has 0 amide bonds. The van der Waals surface area contributed by atoms with Crippen LogP contribution in [-0.4, -0.2) is 22.9 Å². The van der Waals surface area contributed by atoms with E-state index in [0.29, 0.717) is 12.1 Å². The molecule has 0 atom stereocenters. The SMILES string of the molecule is O=S(=O)(Nc1ncns1)c1cc(F)c(CO)cc1F. The van der Waals surface area contributed by atoms with Gasteiger partial charge in [0.1, 0.15) is 22.9 Å². The van der Waals surface area contributed by atoms with Gasteiger partial charge in [0.2, 0.25) is 5.13 Å². The monoisotopic (exact) mass is 307 g/mol. The third kappa shape index (κ3) is 2.85. The second kappa shape index (κ2) is 5.15. The molecule has 0 fully saturated rings. The Hall–Kier alpha value is -1.65. The van der Waals surface area contributed by atoms with Crippen molar-refractivity contribution in [2.75, 3.05) is 4.72 Å². The van der Waals surface area contributed by atoms with E-state index >= 15 is 0 Å². The molecule has 0 bridgehead atoms. The number of hydrogen-bond donors (Lipinski definition) is 2. The molecule has 1 heterocycles. The number of anilines is 1. The van der Waals surface area contributed by atoms with Crippen LogP contribution in [0, 0.1) is 11.6 Å². The summed E-state index contributed by atoms with van der Waals surface area (Å²) in [7, 11) is -4.30. The Morgan fingerprint density at radius 3 is 2.63 bits per heavy atom. The van der Waals surface area contributed by atoms with Gasteiger partial charge in [0.25, 0.3) is 10.0 Å². The van der Waals surface area contributed by atoms with Crippen LogP contribution in [0.3, 0.4) is 0 Å². The van der Waals surface area contributed by atoms with Crippen LogP contribution >= 0.6 is 11.5 Å². The van der Waals surface area contributed by atoms with E-state index in [1.165, 1.54) is 0 Å². The lowest BCUT2D eigenvalue weighted by Gasteiger charge is -2.08. The zero-order chi connectivity index (χ0) is 14.0. The van der Waals surface area contributed by atoms with Crippen LogP contribution in [0.4, 0.5) is 13.9 Å². The standard InChI is InChI=1S/C9H7F2N3O3S2/c10-6-2-8(7(11)1-5(6)3-15)19(16,17)14-9-12-4-13-18-9/h1-2,4,15H,3H2,(H,12,13,14). The molecule has 0 aliphatic heterocycles. The second-order valence-electron chi connectivity index (χ2n) is 3.38. The third-order valence-corrected chi connectivity index (χ3v) is 4.21. The highest BCUT2D eigenvalue weighted by Crippen LogP contribution is 2.22. The van der Waals surface area contributed by atoms with Gasteiger partial charge in [-0.3, -0.25) is 4.72 Å². The predicted molar refractivity (Wildman–Crippen MR) is 63.0 cm³/mol. The van der Waals surface area contributed by atoms with Gasteiger partial charge < -0.3 is 5.11 Å². The van der Waals surface area contributed by atoms with E-state index in [1.54, 1.807) is 0 Å². The number of rotatable bonds is 4. The molecule has 10 heteroatoms. The van der Waals surface area contributed by atoms with Crippen molar-refractivity contribution in [1.29, 1.82) is 0 Å². The van der Waals surface area contributed by atoms with Crippen LogP contribution in [0.1, 0.15) is 5.56 Å². The van der Waals surface area contributed by atoms with Crippen molar-refractivity contribution in [3.63, 3.8) is 0 Å². The largest absolute Gasteiger partial charge is 0.392 e. The van der Waals surface area contributed by atoms with Crippen molar-refractivity contribution >= 4 is 26.7 Å². The van der Waals surface area contributed by atoms with E-state index in [4.69, 9.17) is 5.11 Å². The van der Waals surface area contributed by atoms with Crippen LogP contribution in [0.2, 0.25) is 0 Å². The lowest BCUT2D eigenvalue weighted by atomic mass is 10.2. The normalized spacial score (nSPS) is 11.5. The molecular formula is C9H7F2N3O3S2. The van der Waals surface area contributed by atoms with Crippen LogP contribution in [0.15, 0.2) is 23.4 Å². The molecule has 6 nitrogen and oxygen atoms in total. The number of nitrogens with one attached hydrogen (secondary N) is 1. The predicted octanol–water partition coefficient (Wildman–Crippen LogP) is 1.11. The highest BCUT2D eigenvalue weighted by molar-refractivity contribution is 7.93. The first-order chi connectivity index (χ1) is 8.94. The number of halogens is 2. The zero-order valence-electron chi connectivity index (χ0n) is 9.17. The van der Waals surface area contributed by atoms with Gasteiger partial charge in [-0.25, -0.2) is 22.2 Å². The lowest BCUT2D eigenvalue weighted by Crippen LogP contribution is -2.15. The lowest BCUT2D eigenvalue weighted by molar-refractivity contribution is 0.274. The van der Waals surface area contributed by atoms with Crippen LogP contribution in [0.5, 0.6) is 0 Å². The average Bonchev–Trinajstić information content (AvgIpc) is 2.83. The molecule has 0 saturated carbocycles. The van der Waals surface area contributed by atoms with Crippen LogP contribution in [0.25, 0.3) is 0 Å². The highest BCUT2D eigenvalue weighted by atomic mass is 32.2. The van der Waals surface area contributed by atoms with Crippen molar-refractivity contribution in [1.82, 2.24) is 9.36 Å². The summed E-state index contributed by atoms with van der Waals surface area (Å²) in [6.07, 6.45) is 1.12. The van der Waals surface area contributed by atoms with E-state index < -0.39 is 33.2 Å². The molecule has 0 saturated heterocycles. The fourth-order valence-electron chi connectivity index (χ4n) is 1.28. The number of nitrogens with zero attached hydrogens (tertiary/aromatic N) is 2. The topological polar surface area (TPSA) is 92.2 Å². The summed E-state index contributed by atoms with van der Waals surface area (Å²) in [4.78, 5) is 2.71. The van der Waals surface area contributed by atoms with Crippen molar-refractivity contribution < 1.29 is 22.3 Å². The molecule has 0 radical (unpaired) electrons. The number of sulfonamides is 1. The summed E-state index contributed by atoms with van der Waals surface area (Å²) in [5, 5.41) is 8.69. The first-order valence-electron chi connectivity index (χ1n) is 4.82. The van der Waals surface area contributed by atoms with Crippen molar-refractivity contribution in [3.8, 4) is 0 Å². The van der Waals surface area contributed by atoms with Gasteiger partial charge >= 0.3 is 0 Å². The maximum atomic E-state index is 13.6. The van der Waals surface area contributed by atoms with Gasteiger partial charge in [0, 0.05) is 17.1 Å². The van der Waals surface area contributed by atoms with Crippen LogP contribution < -0.4 is 4.72 Å². The quantitative estimate of drug-likeness (QED) is 0.882. The molecule has 0 aliphatic carbocycles. The van der Waals surface area contributed by atoms with Gasteiger partial charge in [0.05, 0.1) is 6.61 Å². The maximum absolute atomic E-state index is 13.6. The Balaban J connectivity index is 2.43. The van der Waals surface area contributed by atoms with E-state index in [0.717, 1.165) is 17.9 Å². The minimum absolute atomic E-state index is 0.0638. The minimum Gasteiger partial charge on any atom is -0.392 e. The van der Waals surface area contributed by atoms with E-state index in [-0.39, 0.29) is 10.7 Å². The Morgan fingerprint density at radius 2 is 2.05 bits per heavy atom. The molecule has 0 unspecified atom stereocenters. The number of aliphatic hydroxyl groups is 1. The van der Waals surface area contributed by atoms with Crippen molar-refractivity contribution in [2.24, 2.45) is 0 Å². The van der Waals surface area contributed by atoms with E-state index in [9.17, 15) is 17.2 Å². The van der Waals surface area contributed by atoms with Crippen LogP contribution in [-0.2, 0) is 16.6 Å². The molecular weight excluding hydrogens is 300 g/mol. The second-order valence-corrected chi connectivity index (χ2v) is 5.81. The third-order valence-electron chi connectivity index (χ3n) is 2.14. The molecule has 0 aliphatic rings. The number of aromatic nitrogens is 2. The maximum Gasteiger partial charge on any atom is 0.266 e. The zero-order valence-corrected chi connectivity index (χ0v) is 10.8. The number of aliphatic hydroxyl groups excluding tert-OH is 1. The van der Waals surface area contributed by atoms with Gasteiger partial charge in [-0.2, -0.15) is 4.37 Å². The summed E-state index contributed by atoms with van der Waals surface area (Å²) in [6.45, 7) is -0.729. The molecule has 2 rings (SSSR count). The molecule has 1 aromatic heterocycles. The summed E-state index contributed by atoms with van der Waals surface area (Å²) in [5.41, 5.74) is -0.327. The summed E-state index contributed by atoms with van der Waals surface area (Å²) < 4.78 is 56.2. The summed E-state index contributed by atoms with van der Waals surface area (Å²) in [5.74, 6) is -2.18.